The van der Waals surface area contributed by atoms with Crippen LogP contribution < -0.4 is 5.43 Å². The molecule has 52 valence electrons. The van der Waals surface area contributed by atoms with Crippen molar-refractivity contribution >= 4 is 5.91 Å². The van der Waals surface area contributed by atoms with E-state index in [1.54, 1.807) is 5.43 Å². The molecule has 0 aliphatic rings. The van der Waals surface area contributed by atoms with Gasteiger partial charge < -0.3 is 0 Å². The lowest BCUT2D eigenvalue weighted by molar-refractivity contribution is 0.0949. The van der Waals surface area contributed by atoms with Crippen LogP contribution in [0.5, 0.6) is 0 Å². The summed E-state index contributed by atoms with van der Waals surface area (Å²) in [4.78, 5) is 20.1. The zero-order valence-electron chi connectivity index (χ0n) is 4.87. The number of rotatable bonds is 2. The van der Waals surface area contributed by atoms with Crippen LogP contribution in [0.25, 0.3) is 0 Å². The van der Waals surface area contributed by atoms with Crippen LogP contribution >= 0.6 is 0 Å². The van der Waals surface area contributed by atoms with Crippen molar-refractivity contribution in [2.75, 3.05) is 0 Å². The van der Waals surface area contributed by atoms with Crippen LogP contribution in [0.3, 0.4) is 0 Å². The lowest BCUT2D eigenvalue weighted by atomic mass is 10.4. The van der Waals surface area contributed by atoms with Crippen molar-refractivity contribution in [3.05, 3.63) is 22.9 Å². The molecule has 6 heteroatoms. The van der Waals surface area contributed by atoms with E-state index in [0.29, 0.717) is 0 Å². The average molecular weight is 140 g/mol. The topological polar surface area (TPSA) is 87.2 Å². The number of hydrogen-bond acceptors (Lipinski definition) is 4. The van der Waals surface area contributed by atoms with Gasteiger partial charge in [0.15, 0.2) is 0 Å². The smallest absolute Gasteiger partial charge is 0.273 e. The van der Waals surface area contributed by atoms with Gasteiger partial charge in [-0.05, 0) is 6.07 Å². The molecule has 0 spiro atoms. The van der Waals surface area contributed by atoms with Gasteiger partial charge in [0.05, 0.1) is 5.29 Å². The molecular formula is C4H4N4O2. The number of nitrogens with zero attached hydrogens (tertiary/aromatic N) is 2. The van der Waals surface area contributed by atoms with E-state index in [1.807, 2.05) is 0 Å². The van der Waals surface area contributed by atoms with Crippen molar-refractivity contribution in [2.24, 2.45) is 5.29 Å². The molecule has 0 unspecified atom stereocenters. The highest BCUT2D eigenvalue weighted by Crippen LogP contribution is 1.89. The van der Waals surface area contributed by atoms with Gasteiger partial charge in [0.2, 0.25) is 0 Å². The first-order valence-electron chi connectivity index (χ1n) is 2.46. The van der Waals surface area contributed by atoms with Crippen molar-refractivity contribution < 1.29 is 4.79 Å². The summed E-state index contributed by atoms with van der Waals surface area (Å²) in [5.74, 6) is -0.590. The average Bonchev–Trinajstić information content (AvgIpc) is 2.38. The fourth-order valence-electron chi connectivity index (χ4n) is 0.484. The Morgan fingerprint density at radius 2 is 2.60 bits per heavy atom. The minimum absolute atomic E-state index is 0.208. The molecule has 0 saturated heterocycles. The third-order valence-electron chi connectivity index (χ3n) is 0.893. The van der Waals surface area contributed by atoms with E-state index in [1.165, 1.54) is 12.3 Å². The molecule has 0 saturated carbocycles. The molecule has 0 bridgehead atoms. The first-order valence-corrected chi connectivity index (χ1v) is 2.46. The molecule has 0 radical (unpaired) electrons. The second kappa shape index (κ2) is 2.72. The largest absolute Gasteiger partial charge is 0.291 e. The molecule has 0 aliphatic heterocycles. The summed E-state index contributed by atoms with van der Waals surface area (Å²) in [6, 6.07) is 1.43. The predicted octanol–water partition coefficient (Wildman–Crippen LogP) is -0.179. The van der Waals surface area contributed by atoms with E-state index in [9.17, 15) is 9.70 Å². The Bertz CT molecular complexity index is 229. The summed E-state index contributed by atoms with van der Waals surface area (Å²) in [6.07, 6.45) is 1.40. The molecule has 1 rings (SSSR count). The molecule has 0 atom stereocenters. The van der Waals surface area contributed by atoms with Crippen LogP contribution in [0.15, 0.2) is 17.5 Å². The first-order chi connectivity index (χ1) is 4.84. The molecule has 1 aromatic heterocycles. The van der Waals surface area contributed by atoms with Crippen molar-refractivity contribution in [2.45, 2.75) is 0 Å². The number of hydrogen-bond donors (Lipinski definition) is 2. The molecule has 10 heavy (non-hydrogen) atoms. The molecule has 0 aromatic carbocycles. The lowest BCUT2D eigenvalue weighted by Gasteiger charge is -1.88. The Morgan fingerprint density at radius 3 is 3.10 bits per heavy atom. The van der Waals surface area contributed by atoms with E-state index in [-0.39, 0.29) is 5.69 Å². The molecule has 2 N–H and O–H groups in total. The van der Waals surface area contributed by atoms with Gasteiger partial charge in [-0.25, -0.2) is 5.43 Å². The Balaban J connectivity index is 2.68. The maximum Gasteiger partial charge on any atom is 0.291 e. The number of aromatic nitrogens is 2. The fraction of sp³-hybridized carbons (Fsp3) is 0. The van der Waals surface area contributed by atoms with Gasteiger partial charge in [-0.15, -0.1) is 4.91 Å². The van der Waals surface area contributed by atoms with E-state index in [4.69, 9.17) is 0 Å². The third kappa shape index (κ3) is 1.16. The number of H-pyrrole nitrogens is 1. The van der Waals surface area contributed by atoms with E-state index < -0.39 is 5.91 Å². The van der Waals surface area contributed by atoms with Gasteiger partial charge in [-0.3, -0.25) is 9.89 Å². The van der Waals surface area contributed by atoms with Crippen molar-refractivity contribution in [3.8, 4) is 0 Å². The summed E-state index contributed by atoms with van der Waals surface area (Å²) in [6.45, 7) is 0. The molecular weight excluding hydrogens is 136 g/mol. The van der Waals surface area contributed by atoms with Crippen LogP contribution in [0, 0.1) is 4.91 Å². The summed E-state index contributed by atoms with van der Waals surface area (Å²) in [5.41, 5.74) is 1.92. The van der Waals surface area contributed by atoms with Gasteiger partial charge in [-0.1, -0.05) is 0 Å². The van der Waals surface area contributed by atoms with Gasteiger partial charge in [0.25, 0.3) is 5.91 Å². The number of carbonyl (C=O) groups excluding carboxylic acids is 1. The van der Waals surface area contributed by atoms with Crippen LogP contribution in [0.1, 0.15) is 10.5 Å². The van der Waals surface area contributed by atoms with E-state index in [0.717, 1.165) is 0 Å². The molecule has 1 amide bonds. The number of aromatic amines is 1. The maximum atomic E-state index is 10.6. The van der Waals surface area contributed by atoms with Gasteiger partial charge in [0, 0.05) is 6.20 Å². The zero-order valence-corrected chi connectivity index (χ0v) is 4.87. The van der Waals surface area contributed by atoms with Crippen molar-refractivity contribution in [1.82, 2.24) is 15.6 Å². The van der Waals surface area contributed by atoms with Crippen LogP contribution in [0.4, 0.5) is 0 Å². The Labute approximate surface area is 55.6 Å². The third-order valence-corrected chi connectivity index (χ3v) is 0.893. The number of amides is 1. The molecule has 0 fully saturated rings. The monoisotopic (exact) mass is 140 g/mol. The Hall–Kier alpha value is -1.72. The minimum Gasteiger partial charge on any atom is -0.273 e. The zero-order chi connectivity index (χ0) is 7.40. The molecule has 1 aromatic rings. The number of nitroso groups, excluding NO2 is 1. The van der Waals surface area contributed by atoms with Crippen LogP contribution in [-0.4, -0.2) is 16.1 Å². The summed E-state index contributed by atoms with van der Waals surface area (Å²) in [5, 5.41) is 8.05. The van der Waals surface area contributed by atoms with Crippen molar-refractivity contribution in [1.29, 1.82) is 0 Å². The SMILES string of the molecule is O=NNC(=O)c1ccn[nH]1. The van der Waals surface area contributed by atoms with Crippen LogP contribution in [-0.2, 0) is 0 Å². The number of nitrogens with one attached hydrogen (secondary N) is 2. The predicted molar refractivity (Wildman–Crippen MR) is 31.8 cm³/mol. The second-order valence-electron chi connectivity index (χ2n) is 1.50. The van der Waals surface area contributed by atoms with Gasteiger partial charge in [0.1, 0.15) is 5.69 Å². The minimum atomic E-state index is -0.590. The standard InChI is InChI=1S/C4H4N4O2/c9-4(7-8-10)3-1-2-5-6-3/h1-2H,(H,5,6)(H,7,9,10). The summed E-state index contributed by atoms with van der Waals surface area (Å²) in [7, 11) is 0. The summed E-state index contributed by atoms with van der Waals surface area (Å²) >= 11 is 0. The number of carbonyl (C=O) groups is 1. The van der Waals surface area contributed by atoms with E-state index in [2.05, 4.69) is 15.5 Å². The maximum absolute atomic E-state index is 10.6. The Kier molecular flexibility index (Phi) is 1.74. The molecule has 1 heterocycles. The highest BCUT2D eigenvalue weighted by molar-refractivity contribution is 5.91. The quantitative estimate of drug-likeness (QED) is 0.441. The van der Waals surface area contributed by atoms with Crippen molar-refractivity contribution in [3.63, 3.8) is 0 Å². The second-order valence-corrected chi connectivity index (χ2v) is 1.50. The Morgan fingerprint density at radius 1 is 1.80 bits per heavy atom. The van der Waals surface area contributed by atoms with Gasteiger partial charge in [-0.2, -0.15) is 5.10 Å². The fourth-order valence-corrected chi connectivity index (χ4v) is 0.484. The lowest BCUT2D eigenvalue weighted by Crippen LogP contribution is -2.16. The highest BCUT2D eigenvalue weighted by atomic mass is 16.3. The first kappa shape index (κ1) is 6.40. The van der Waals surface area contributed by atoms with Crippen LogP contribution in [0.2, 0.25) is 0 Å². The van der Waals surface area contributed by atoms with Gasteiger partial charge >= 0.3 is 0 Å². The summed E-state index contributed by atoms with van der Waals surface area (Å²) < 4.78 is 0. The molecule has 0 aliphatic carbocycles. The van der Waals surface area contributed by atoms with E-state index >= 15 is 0 Å². The molecule has 6 nitrogen and oxygen atoms in total. The highest BCUT2D eigenvalue weighted by Gasteiger charge is 2.03. The normalized spacial score (nSPS) is 8.80.